The van der Waals surface area contributed by atoms with Crippen LogP contribution in [-0.2, 0) is 18.3 Å². The maximum atomic E-state index is 5.17. The van der Waals surface area contributed by atoms with E-state index in [9.17, 15) is 0 Å². The Kier molecular flexibility index (Phi) is 5.05. The Morgan fingerprint density at radius 3 is 2.08 bits per heavy atom. The Bertz CT molecular complexity index is 1860. The molecule has 194 valence electrons. The highest BCUT2D eigenvalue weighted by Gasteiger charge is 2.38. The molecular formula is C35H29N5. The van der Waals surface area contributed by atoms with Gasteiger partial charge in [-0.2, -0.15) is 9.97 Å². The van der Waals surface area contributed by atoms with Crippen molar-refractivity contribution in [3.8, 4) is 39.9 Å². The van der Waals surface area contributed by atoms with Crippen molar-refractivity contribution >= 4 is 10.9 Å². The molecule has 3 aromatic carbocycles. The quantitative estimate of drug-likeness (QED) is 0.240. The average Bonchev–Trinajstić information content (AvgIpc) is 3.47. The van der Waals surface area contributed by atoms with Gasteiger partial charge in [0, 0.05) is 51.1 Å². The zero-order valence-corrected chi connectivity index (χ0v) is 22.7. The summed E-state index contributed by atoms with van der Waals surface area (Å²) in [6.45, 7) is 4.64. The van der Waals surface area contributed by atoms with Crippen LogP contribution >= 0.6 is 0 Å². The number of hydrogen-bond donors (Lipinski definition) is 0. The average molecular weight is 520 g/mol. The molecule has 0 atom stereocenters. The first kappa shape index (κ1) is 23.3. The minimum Gasteiger partial charge on any atom is -0.281 e. The minimum atomic E-state index is -0.110. The van der Waals surface area contributed by atoms with Crippen molar-refractivity contribution < 1.29 is 0 Å². The number of rotatable bonds is 3. The number of fused-ring (bicyclic) bond motifs is 7. The maximum absolute atomic E-state index is 5.17. The van der Waals surface area contributed by atoms with Crippen LogP contribution in [0.15, 0.2) is 91.3 Å². The van der Waals surface area contributed by atoms with E-state index in [0.717, 1.165) is 30.4 Å². The second-order valence-corrected chi connectivity index (χ2v) is 11.4. The normalized spacial score (nSPS) is 15.1. The molecule has 2 aliphatic rings. The summed E-state index contributed by atoms with van der Waals surface area (Å²) in [5, 5.41) is 1.31. The topological polar surface area (TPSA) is 56.5 Å². The van der Waals surface area contributed by atoms with Crippen molar-refractivity contribution in [1.29, 1.82) is 0 Å². The van der Waals surface area contributed by atoms with Gasteiger partial charge in [0.2, 0.25) is 5.95 Å². The van der Waals surface area contributed by atoms with E-state index >= 15 is 0 Å². The van der Waals surface area contributed by atoms with Crippen LogP contribution in [0.3, 0.4) is 0 Å². The number of nitrogens with zero attached hydrogens (tertiary/aromatic N) is 5. The lowest BCUT2D eigenvalue weighted by Gasteiger charge is -2.21. The first-order valence-corrected chi connectivity index (χ1v) is 14.1. The second-order valence-electron chi connectivity index (χ2n) is 11.4. The largest absolute Gasteiger partial charge is 0.281 e. The lowest BCUT2D eigenvalue weighted by atomic mass is 9.82. The van der Waals surface area contributed by atoms with E-state index in [1.165, 1.54) is 50.8 Å². The monoisotopic (exact) mass is 519 g/mol. The molecule has 0 fully saturated rings. The summed E-state index contributed by atoms with van der Waals surface area (Å²) in [6, 6.07) is 27.3. The molecule has 0 unspecified atom stereocenters. The summed E-state index contributed by atoms with van der Waals surface area (Å²) in [7, 11) is 0. The number of pyridine rings is 1. The molecule has 5 heteroatoms. The highest BCUT2D eigenvalue weighted by atomic mass is 15.2. The zero-order valence-electron chi connectivity index (χ0n) is 22.7. The van der Waals surface area contributed by atoms with Crippen molar-refractivity contribution in [2.45, 2.75) is 44.9 Å². The maximum Gasteiger partial charge on any atom is 0.238 e. The van der Waals surface area contributed by atoms with E-state index in [1.807, 2.05) is 48.8 Å². The second kappa shape index (κ2) is 8.68. The minimum absolute atomic E-state index is 0.110. The van der Waals surface area contributed by atoms with Gasteiger partial charge in [-0.05, 0) is 48.4 Å². The van der Waals surface area contributed by atoms with Crippen LogP contribution in [0, 0.1) is 0 Å². The van der Waals surface area contributed by atoms with E-state index < -0.39 is 0 Å². The highest BCUT2D eigenvalue weighted by molar-refractivity contribution is 6.03. The molecule has 2 aliphatic carbocycles. The van der Waals surface area contributed by atoms with Gasteiger partial charge < -0.3 is 0 Å². The van der Waals surface area contributed by atoms with Gasteiger partial charge in [-0.3, -0.25) is 9.55 Å². The van der Waals surface area contributed by atoms with Crippen LogP contribution in [-0.4, -0.2) is 24.5 Å². The molecule has 8 rings (SSSR count). The van der Waals surface area contributed by atoms with Gasteiger partial charge in [-0.15, -0.1) is 0 Å². The molecule has 5 nitrogen and oxygen atoms in total. The first-order valence-electron chi connectivity index (χ1n) is 14.1. The Morgan fingerprint density at radius 2 is 1.38 bits per heavy atom. The lowest BCUT2D eigenvalue weighted by molar-refractivity contribution is 0.659. The van der Waals surface area contributed by atoms with Crippen LogP contribution in [0.5, 0.6) is 0 Å². The van der Waals surface area contributed by atoms with Crippen LogP contribution in [0.2, 0.25) is 0 Å². The number of aromatic nitrogens is 5. The molecule has 3 heterocycles. The van der Waals surface area contributed by atoms with E-state index in [2.05, 4.69) is 65.9 Å². The smallest absolute Gasteiger partial charge is 0.238 e. The summed E-state index contributed by atoms with van der Waals surface area (Å²) >= 11 is 0. The number of benzene rings is 3. The van der Waals surface area contributed by atoms with Gasteiger partial charge in [0.15, 0.2) is 11.6 Å². The van der Waals surface area contributed by atoms with Crippen molar-refractivity contribution in [3.05, 3.63) is 114 Å². The van der Waals surface area contributed by atoms with Crippen LogP contribution in [0.1, 0.15) is 49.1 Å². The van der Waals surface area contributed by atoms with Gasteiger partial charge in [0.1, 0.15) is 0 Å². The van der Waals surface area contributed by atoms with E-state index in [-0.39, 0.29) is 5.41 Å². The fourth-order valence-corrected chi connectivity index (χ4v) is 6.82. The van der Waals surface area contributed by atoms with Crippen LogP contribution < -0.4 is 0 Å². The molecule has 0 aliphatic heterocycles. The molecular weight excluding hydrogens is 490 g/mol. The van der Waals surface area contributed by atoms with Crippen molar-refractivity contribution in [3.63, 3.8) is 0 Å². The van der Waals surface area contributed by atoms with Gasteiger partial charge in [-0.25, -0.2) is 4.98 Å². The van der Waals surface area contributed by atoms with Crippen molar-refractivity contribution in [1.82, 2.24) is 24.5 Å². The third kappa shape index (κ3) is 3.33. The SMILES string of the molecule is CC1(C)c2ccncc2-c2c1ccc1c3c(n(-c4nc(-c5ccccc5)nc(-c5ccccc5)n4)c21)CCCC3. The van der Waals surface area contributed by atoms with E-state index in [4.69, 9.17) is 15.0 Å². The van der Waals surface area contributed by atoms with Gasteiger partial charge in [0.25, 0.3) is 0 Å². The fraction of sp³-hybridized carbons (Fsp3) is 0.200. The summed E-state index contributed by atoms with van der Waals surface area (Å²) in [5.41, 5.74) is 10.9. The first-order chi connectivity index (χ1) is 19.6. The third-order valence-corrected chi connectivity index (χ3v) is 8.76. The molecule has 0 spiro atoms. The Balaban J connectivity index is 1.49. The Labute approximate surface area is 233 Å². The summed E-state index contributed by atoms with van der Waals surface area (Å²) < 4.78 is 2.36. The molecule has 0 saturated heterocycles. The molecule has 0 bridgehead atoms. The highest BCUT2D eigenvalue weighted by Crippen LogP contribution is 2.52. The van der Waals surface area contributed by atoms with E-state index in [1.54, 1.807) is 0 Å². The summed E-state index contributed by atoms with van der Waals surface area (Å²) in [6.07, 6.45) is 8.40. The molecule has 0 N–H and O–H groups in total. The molecule has 3 aromatic heterocycles. The van der Waals surface area contributed by atoms with Gasteiger partial charge >= 0.3 is 0 Å². The summed E-state index contributed by atoms with van der Waals surface area (Å²) in [5.74, 6) is 2.06. The molecule has 0 amide bonds. The van der Waals surface area contributed by atoms with Gasteiger partial charge in [0.05, 0.1) is 5.52 Å². The zero-order chi connectivity index (χ0) is 26.8. The van der Waals surface area contributed by atoms with Crippen molar-refractivity contribution in [2.75, 3.05) is 0 Å². The predicted molar refractivity (Wildman–Crippen MR) is 160 cm³/mol. The number of hydrogen-bond acceptors (Lipinski definition) is 4. The Morgan fingerprint density at radius 1 is 0.700 bits per heavy atom. The molecule has 40 heavy (non-hydrogen) atoms. The third-order valence-electron chi connectivity index (χ3n) is 8.76. The molecule has 6 aromatic rings. The standard InChI is InChI=1S/C35H29N5/c1-35(2)27-19-20-36-21-26(27)30-28(35)18-17-25-24-15-9-10-16-29(24)40(31(25)30)34-38-32(22-11-5-3-6-12-22)37-33(39-34)23-13-7-4-8-14-23/h3-8,11-14,17-21H,9-10,15-16H2,1-2H3. The summed E-state index contributed by atoms with van der Waals surface area (Å²) in [4.78, 5) is 19.9. The van der Waals surface area contributed by atoms with Crippen LogP contribution in [0.25, 0.3) is 50.8 Å². The van der Waals surface area contributed by atoms with Gasteiger partial charge in [-0.1, -0.05) is 86.6 Å². The van der Waals surface area contributed by atoms with Crippen LogP contribution in [0.4, 0.5) is 0 Å². The predicted octanol–water partition coefficient (Wildman–Crippen LogP) is 7.73. The van der Waals surface area contributed by atoms with E-state index in [0.29, 0.717) is 17.6 Å². The van der Waals surface area contributed by atoms with Crippen molar-refractivity contribution in [2.24, 2.45) is 0 Å². The molecule has 0 radical (unpaired) electrons. The Hall–Kier alpha value is -4.64. The molecule has 0 saturated carbocycles. The number of aryl methyl sites for hydroxylation is 1. The lowest BCUT2D eigenvalue weighted by Crippen LogP contribution is -2.15. The fourth-order valence-electron chi connectivity index (χ4n) is 6.82.